The van der Waals surface area contributed by atoms with Crippen LogP contribution in [-0.2, 0) is 14.8 Å². The van der Waals surface area contributed by atoms with Gasteiger partial charge in [-0.15, -0.1) is 0 Å². The molecule has 0 saturated heterocycles. The second-order valence-corrected chi connectivity index (χ2v) is 8.19. The van der Waals surface area contributed by atoms with Crippen LogP contribution in [0.5, 0.6) is 0 Å². The second kappa shape index (κ2) is 7.31. The van der Waals surface area contributed by atoms with Crippen LogP contribution >= 0.6 is 11.6 Å². The number of halogens is 1. The highest BCUT2D eigenvalue weighted by Crippen LogP contribution is 2.31. The number of aromatic nitrogens is 3. The Morgan fingerprint density at radius 1 is 1.00 bits per heavy atom. The first-order chi connectivity index (χ1) is 13.9. The van der Waals surface area contributed by atoms with Gasteiger partial charge in [0.25, 0.3) is 10.0 Å². The van der Waals surface area contributed by atoms with Crippen molar-refractivity contribution in [3.05, 3.63) is 77.6 Å². The van der Waals surface area contributed by atoms with E-state index in [0.29, 0.717) is 5.56 Å². The molecule has 0 unspecified atom stereocenters. The van der Waals surface area contributed by atoms with Crippen LogP contribution in [0, 0.1) is 0 Å². The van der Waals surface area contributed by atoms with E-state index in [1.54, 1.807) is 42.5 Å². The van der Waals surface area contributed by atoms with Gasteiger partial charge in [0.1, 0.15) is 10.8 Å². The predicted molar refractivity (Wildman–Crippen MR) is 108 cm³/mol. The fourth-order valence-corrected chi connectivity index (χ4v) is 4.61. The Morgan fingerprint density at radius 3 is 2.24 bits per heavy atom. The minimum absolute atomic E-state index is 0.00125. The van der Waals surface area contributed by atoms with Gasteiger partial charge < -0.3 is 4.74 Å². The molecule has 2 aromatic carbocycles. The number of methoxy groups -OCH3 is 1. The first-order valence-electron chi connectivity index (χ1n) is 8.47. The summed E-state index contributed by atoms with van der Waals surface area (Å²) in [7, 11) is -2.99. The number of benzene rings is 2. The molecule has 0 radical (unpaired) electrons. The molecule has 0 N–H and O–H groups in total. The van der Waals surface area contributed by atoms with Gasteiger partial charge in [0.2, 0.25) is 0 Å². The van der Waals surface area contributed by atoms with Crippen LogP contribution in [-0.4, -0.2) is 35.4 Å². The third kappa shape index (κ3) is 3.26. The third-order valence-corrected chi connectivity index (χ3v) is 6.29. The highest BCUT2D eigenvalue weighted by Gasteiger charge is 2.29. The summed E-state index contributed by atoms with van der Waals surface area (Å²) in [5, 5.41) is 0.257. The molecule has 0 atom stereocenters. The topological polar surface area (TPSA) is 91.2 Å². The number of ether oxygens (including phenoxy) is 1. The highest BCUT2D eigenvalue weighted by atomic mass is 35.5. The first kappa shape index (κ1) is 19.1. The Morgan fingerprint density at radius 2 is 1.62 bits per heavy atom. The Labute approximate surface area is 171 Å². The monoisotopic (exact) mass is 427 g/mol. The standard InChI is InChI=1S/C20H14ClN3O4S/c1-28-20(25)16-12-15-17(21)22-18(13-8-4-2-5-9-13)23-19(15)24(16)29(26,27)14-10-6-3-7-11-14/h2-12H,1H3. The molecule has 0 spiro atoms. The van der Waals surface area contributed by atoms with Crippen molar-refractivity contribution in [2.45, 2.75) is 4.90 Å². The van der Waals surface area contributed by atoms with Crippen molar-refractivity contribution in [3.63, 3.8) is 0 Å². The fourth-order valence-electron chi connectivity index (χ4n) is 2.92. The lowest BCUT2D eigenvalue weighted by Crippen LogP contribution is -2.19. The van der Waals surface area contributed by atoms with Crippen LogP contribution < -0.4 is 0 Å². The zero-order chi connectivity index (χ0) is 20.6. The van der Waals surface area contributed by atoms with Crippen molar-refractivity contribution >= 4 is 38.6 Å². The maximum absolute atomic E-state index is 13.4. The van der Waals surface area contributed by atoms with Gasteiger partial charge in [0.05, 0.1) is 17.4 Å². The van der Waals surface area contributed by atoms with E-state index < -0.39 is 16.0 Å². The molecule has 0 aliphatic rings. The van der Waals surface area contributed by atoms with Gasteiger partial charge in [0, 0.05) is 5.56 Å². The van der Waals surface area contributed by atoms with E-state index in [4.69, 9.17) is 16.3 Å². The molecular weight excluding hydrogens is 414 g/mol. The molecule has 0 amide bonds. The number of esters is 1. The largest absolute Gasteiger partial charge is 0.464 e. The molecule has 2 heterocycles. The summed E-state index contributed by atoms with van der Waals surface area (Å²) in [6.45, 7) is 0. The summed E-state index contributed by atoms with van der Waals surface area (Å²) in [5.74, 6) is -0.595. The quantitative estimate of drug-likeness (QED) is 0.363. The first-order valence-corrected chi connectivity index (χ1v) is 10.3. The molecule has 7 nitrogen and oxygen atoms in total. The van der Waals surface area contributed by atoms with Crippen molar-refractivity contribution in [3.8, 4) is 11.4 Å². The molecule has 4 aromatic rings. The average Bonchev–Trinajstić information content (AvgIpc) is 3.15. The van der Waals surface area contributed by atoms with Crippen LogP contribution in [0.2, 0.25) is 5.15 Å². The van der Waals surface area contributed by atoms with Crippen molar-refractivity contribution < 1.29 is 17.9 Å². The molecule has 0 fully saturated rings. The number of carbonyl (C=O) groups excluding carboxylic acids is 1. The fraction of sp³-hybridized carbons (Fsp3) is 0.0500. The van der Waals surface area contributed by atoms with Crippen LogP contribution in [0.25, 0.3) is 22.4 Å². The molecule has 0 aliphatic heterocycles. The average molecular weight is 428 g/mol. The highest BCUT2D eigenvalue weighted by molar-refractivity contribution is 7.90. The zero-order valence-electron chi connectivity index (χ0n) is 15.1. The molecule has 29 heavy (non-hydrogen) atoms. The number of fused-ring (bicyclic) bond motifs is 1. The number of carbonyl (C=O) groups is 1. The molecule has 0 saturated carbocycles. The Balaban J connectivity index is 2.08. The van der Waals surface area contributed by atoms with Crippen LogP contribution in [0.15, 0.2) is 71.6 Å². The van der Waals surface area contributed by atoms with Crippen molar-refractivity contribution in [2.24, 2.45) is 0 Å². The smallest absolute Gasteiger partial charge is 0.355 e. The molecule has 146 valence electrons. The van der Waals surface area contributed by atoms with Gasteiger partial charge in [-0.3, -0.25) is 0 Å². The number of hydrogen-bond acceptors (Lipinski definition) is 6. The van der Waals surface area contributed by atoms with Crippen LogP contribution in [0.1, 0.15) is 10.5 Å². The minimum atomic E-state index is -4.16. The maximum atomic E-state index is 13.4. The number of hydrogen-bond donors (Lipinski definition) is 0. The van der Waals surface area contributed by atoms with Gasteiger partial charge in [-0.05, 0) is 18.2 Å². The summed E-state index contributed by atoms with van der Waals surface area (Å²) in [6.07, 6.45) is 0. The SMILES string of the molecule is COC(=O)c1cc2c(Cl)nc(-c3ccccc3)nc2n1S(=O)(=O)c1ccccc1. The lowest BCUT2D eigenvalue weighted by atomic mass is 10.2. The summed E-state index contributed by atoms with van der Waals surface area (Å²) in [5.41, 5.74) is 0.432. The van der Waals surface area contributed by atoms with E-state index >= 15 is 0 Å². The van der Waals surface area contributed by atoms with Crippen LogP contribution in [0.4, 0.5) is 0 Å². The summed E-state index contributed by atoms with van der Waals surface area (Å²) >= 11 is 6.33. The van der Waals surface area contributed by atoms with Gasteiger partial charge in [-0.1, -0.05) is 60.1 Å². The minimum Gasteiger partial charge on any atom is -0.464 e. The second-order valence-electron chi connectivity index (χ2n) is 6.04. The lowest BCUT2D eigenvalue weighted by molar-refractivity contribution is 0.0593. The van der Waals surface area contributed by atoms with E-state index in [2.05, 4.69) is 9.97 Å². The Kier molecular flexibility index (Phi) is 4.81. The van der Waals surface area contributed by atoms with E-state index in [0.717, 1.165) is 3.97 Å². The molecule has 2 aromatic heterocycles. The molecule has 4 rings (SSSR count). The molecule has 0 bridgehead atoms. The molecular formula is C20H14ClN3O4S. The maximum Gasteiger partial charge on any atom is 0.355 e. The summed E-state index contributed by atoms with van der Waals surface area (Å²) in [6, 6.07) is 18.1. The van der Waals surface area contributed by atoms with Crippen molar-refractivity contribution in [2.75, 3.05) is 7.11 Å². The van der Waals surface area contributed by atoms with E-state index in [-0.39, 0.29) is 32.6 Å². The predicted octanol–water partition coefficient (Wildman–Crippen LogP) is 3.78. The number of nitrogens with zero attached hydrogens (tertiary/aromatic N) is 3. The van der Waals surface area contributed by atoms with E-state index in [9.17, 15) is 13.2 Å². The summed E-state index contributed by atoms with van der Waals surface area (Å²) in [4.78, 5) is 21.0. The van der Waals surface area contributed by atoms with Gasteiger partial charge in [-0.25, -0.2) is 27.2 Å². The molecule has 0 aliphatic carbocycles. The van der Waals surface area contributed by atoms with E-state index in [1.807, 2.05) is 6.07 Å². The summed E-state index contributed by atoms with van der Waals surface area (Å²) < 4.78 is 32.3. The van der Waals surface area contributed by atoms with Gasteiger partial charge in [-0.2, -0.15) is 0 Å². The normalized spacial score (nSPS) is 11.5. The molecule has 9 heteroatoms. The van der Waals surface area contributed by atoms with Crippen molar-refractivity contribution in [1.82, 2.24) is 13.9 Å². The van der Waals surface area contributed by atoms with Crippen LogP contribution in [0.3, 0.4) is 0 Å². The lowest BCUT2D eigenvalue weighted by Gasteiger charge is -2.11. The van der Waals surface area contributed by atoms with Gasteiger partial charge >= 0.3 is 5.97 Å². The Bertz CT molecular complexity index is 1320. The number of rotatable bonds is 4. The van der Waals surface area contributed by atoms with E-state index in [1.165, 1.54) is 25.3 Å². The Hall–Kier alpha value is -3.23. The zero-order valence-corrected chi connectivity index (χ0v) is 16.7. The van der Waals surface area contributed by atoms with Gasteiger partial charge in [0.15, 0.2) is 11.5 Å². The third-order valence-electron chi connectivity index (χ3n) is 4.28. The van der Waals surface area contributed by atoms with Crippen molar-refractivity contribution in [1.29, 1.82) is 0 Å².